The van der Waals surface area contributed by atoms with Gasteiger partial charge in [-0.2, -0.15) is 13.2 Å². The minimum atomic E-state index is -4.17. The fraction of sp³-hybridized carbons (Fsp3) is 0.833. The molecule has 66 valence electrons. The minimum Gasteiger partial charge on any atom is -0.457 e. The van der Waals surface area contributed by atoms with E-state index in [1.807, 2.05) is 0 Å². The van der Waals surface area contributed by atoms with Crippen LogP contribution in [0, 0.1) is 13.0 Å². The van der Waals surface area contributed by atoms with Crippen molar-refractivity contribution in [2.24, 2.45) is 11.7 Å². The Kier molecular flexibility index (Phi) is 2.11. The Bertz CT molecular complexity index is 145. The second-order valence-electron chi connectivity index (χ2n) is 2.85. The zero-order chi connectivity index (χ0) is 8.65. The third-order valence-electron chi connectivity index (χ3n) is 1.86. The molecular formula is C6H10F3N2-. The minimum absolute atomic E-state index is 0.0787. The van der Waals surface area contributed by atoms with E-state index >= 15 is 0 Å². The van der Waals surface area contributed by atoms with Gasteiger partial charge >= 0.3 is 6.18 Å². The summed E-state index contributed by atoms with van der Waals surface area (Å²) in [5, 5.41) is 0. The summed E-state index contributed by atoms with van der Waals surface area (Å²) in [6.07, 6.45) is -4.17. The van der Waals surface area contributed by atoms with E-state index in [0.717, 1.165) is 0 Å². The number of hydrogen-bond acceptors (Lipinski definition) is 2. The van der Waals surface area contributed by atoms with Crippen molar-refractivity contribution in [3.8, 4) is 0 Å². The van der Waals surface area contributed by atoms with Crippen LogP contribution in [0.3, 0.4) is 0 Å². The number of nitrogens with two attached hydrogens (primary N) is 1. The Morgan fingerprint density at radius 1 is 1.36 bits per heavy atom. The van der Waals surface area contributed by atoms with E-state index in [-0.39, 0.29) is 13.1 Å². The average molecular weight is 167 g/mol. The highest BCUT2D eigenvalue weighted by atomic mass is 19.4. The van der Waals surface area contributed by atoms with Gasteiger partial charge in [-0.1, -0.05) is 0 Å². The third kappa shape index (κ3) is 1.84. The van der Waals surface area contributed by atoms with E-state index in [0.29, 0.717) is 0 Å². The van der Waals surface area contributed by atoms with Crippen LogP contribution in [-0.4, -0.2) is 30.2 Å². The molecule has 2 N–H and O–H groups in total. The van der Waals surface area contributed by atoms with Gasteiger partial charge in [0.25, 0.3) is 0 Å². The van der Waals surface area contributed by atoms with Gasteiger partial charge in [0.1, 0.15) is 0 Å². The number of nitrogens with zero attached hydrogens (tertiary/aromatic N) is 1. The number of rotatable bonds is 0. The van der Waals surface area contributed by atoms with Crippen LogP contribution in [0.25, 0.3) is 0 Å². The van der Waals surface area contributed by atoms with Gasteiger partial charge < -0.3 is 10.6 Å². The Morgan fingerprint density at radius 2 is 1.91 bits per heavy atom. The summed E-state index contributed by atoms with van der Waals surface area (Å²) in [7, 11) is 3.40. The normalized spacial score (nSPS) is 34.6. The molecule has 0 aromatic heterocycles. The van der Waals surface area contributed by atoms with Crippen LogP contribution in [0.1, 0.15) is 0 Å². The fourth-order valence-corrected chi connectivity index (χ4v) is 1.26. The molecule has 5 heteroatoms. The first kappa shape index (κ1) is 8.80. The highest BCUT2D eigenvalue weighted by molar-refractivity contribution is 4.90. The molecule has 1 fully saturated rings. The SMILES string of the molecule is [CH2-]N1C[C@@H](N)[C@H](C(F)(F)F)C1. The van der Waals surface area contributed by atoms with Gasteiger partial charge in [0.15, 0.2) is 0 Å². The van der Waals surface area contributed by atoms with Gasteiger partial charge in [-0.15, -0.1) is 0 Å². The molecule has 1 heterocycles. The molecule has 2 nitrogen and oxygen atoms in total. The first-order valence-corrected chi connectivity index (χ1v) is 3.29. The first-order chi connectivity index (χ1) is 4.91. The van der Waals surface area contributed by atoms with E-state index in [2.05, 4.69) is 7.05 Å². The molecule has 1 aliphatic rings. The number of alkyl halides is 3. The maximum atomic E-state index is 12.1. The topological polar surface area (TPSA) is 29.3 Å². The Labute approximate surface area is 63.2 Å². The van der Waals surface area contributed by atoms with Crippen LogP contribution < -0.4 is 5.73 Å². The molecule has 0 bridgehead atoms. The van der Waals surface area contributed by atoms with Crippen molar-refractivity contribution in [1.29, 1.82) is 0 Å². The molecule has 0 aromatic carbocycles. The second kappa shape index (κ2) is 2.64. The van der Waals surface area contributed by atoms with Crippen LogP contribution in [0.15, 0.2) is 0 Å². The molecule has 0 aromatic rings. The van der Waals surface area contributed by atoms with Crippen LogP contribution in [0.5, 0.6) is 0 Å². The molecule has 2 atom stereocenters. The quantitative estimate of drug-likeness (QED) is 0.535. The smallest absolute Gasteiger partial charge is 0.394 e. The molecule has 11 heavy (non-hydrogen) atoms. The summed E-state index contributed by atoms with van der Waals surface area (Å²) < 4.78 is 36.2. The zero-order valence-corrected chi connectivity index (χ0v) is 5.93. The van der Waals surface area contributed by atoms with Gasteiger partial charge in [-0.05, 0) is 13.1 Å². The first-order valence-electron chi connectivity index (χ1n) is 3.29. The Hall–Kier alpha value is -0.290. The van der Waals surface area contributed by atoms with Gasteiger partial charge in [-0.25, -0.2) is 0 Å². The third-order valence-corrected chi connectivity index (χ3v) is 1.86. The summed E-state index contributed by atoms with van der Waals surface area (Å²) in [6, 6.07) is -0.813. The van der Waals surface area contributed by atoms with E-state index in [1.165, 1.54) is 4.90 Å². The summed E-state index contributed by atoms with van der Waals surface area (Å²) in [4.78, 5) is 1.35. The maximum absolute atomic E-state index is 12.1. The van der Waals surface area contributed by atoms with Crippen LogP contribution >= 0.6 is 0 Å². The van der Waals surface area contributed by atoms with Crippen molar-refractivity contribution in [3.63, 3.8) is 0 Å². The van der Waals surface area contributed by atoms with Gasteiger partial charge in [0.2, 0.25) is 0 Å². The summed E-state index contributed by atoms with van der Waals surface area (Å²) in [5.74, 6) is -1.40. The molecule has 0 unspecified atom stereocenters. The van der Waals surface area contributed by atoms with Crippen molar-refractivity contribution in [2.45, 2.75) is 12.2 Å². The predicted octanol–water partition coefficient (Wildman–Crippen LogP) is 0.599. The summed E-state index contributed by atoms with van der Waals surface area (Å²) >= 11 is 0. The lowest BCUT2D eigenvalue weighted by Crippen LogP contribution is -2.38. The summed E-state index contributed by atoms with van der Waals surface area (Å²) in [5.41, 5.74) is 5.25. The molecule has 0 aliphatic carbocycles. The zero-order valence-electron chi connectivity index (χ0n) is 5.93. The monoisotopic (exact) mass is 167 g/mol. The van der Waals surface area contributed by atoms with Crippen molar-refractivity contribution < 1.29 is 13.2 Å². The Morgan fingerprint density at radius 3 is 2.09 bits per heavy atom. The number of hydrogen-bond donors (Lipinski definition) is 1. The maximum Gasteiger partial charge on any atom is 0.394 e. The highest BCUT2D eigenvalue weighted by Crippen LogP contribution is 2.32. The van der Waals surface area contributed by atoms with E-state index in [4.69, 9.17) is 5.73 Å². The number of halogens is 3. The van der Waals surface area contributed by atoms with Crippen LogP contribution in [-0.2, 0) is 0 Å². The van der Waals surface area contributed by atoms with Crippen LogP contribution in [0.4, 0.5) is 13.2 Å². The standard InChI is InChI=1S/C6H10F3N2/c1-11-2-4(5(10)3-11)6(7,8)9/h4-5H,1-3,10H2/q-1/t4-,5-/m1/s1. The van der Waals surface area contributed by atoms with E-state index < -0.39 is 18.1 Å². The summed E-state index contributed by atoms with van der Waals surface area (Å²) in [6.45, 7) is 0.148. The molecule has 1 saturated heterocycles. The molecule has 0 saturated carbocycles. The molecule has 0 amide bonds. The molecule has 0 radical (unpaired) electrons. The Balaban J connectivity index is 2.60. The fourth-order valence-electron chi connectivity index (χ4n) is 1.26. The largest absolute Gasteiger partial charge is 0.457 e. The van der Waals surface area contributed by atoms with Gasteiger partial charge in [0, 0.05) is 6.04 Å². The predicted molar refractivity (Wildman–Crippen MR) is 34.5 cm³/mol. The molecule has 1 aliphatic heterocycles. The lowest BCUT2D eigenvalue weighted by molar-refractivity contribution is -0.173. The number of likely N-dealkylation sites (tertiary alicyclic amines) is 1. The van der Waals surface area contributed by atoms with E-state index in [9.17, 15) is 13.2 Å². The van der Waals surface area contributed by atoms with Gasteiger partial charge in [-0.3, -0.25) is 7.05 Å². The van der Waals surface area contributed by atoms with Crippen molar-refractivity contribution >= 4 is 0 Å². The second-order valence-corrected chi connectivity index (χ2v) is 2.85. The van der Waals surface area contributed by atoms with Crippen molar-refractivity contribution in [2.75, 3.05) is 13.1 Å². The average Bonchev–Trinajstić information content (AvgIpc) is 2.08. The van der Waals surface area contributed by atoms with E-state index in [1.54, 1.807) is 0 Å². The van der Waals surface area contributed by atoms with Crippen molar-refractivity contribution in [1.82, 2.24) is 4.90 Å². The molecule has 0 spiro atoms. The van der Waals surface area contributed by atoms with Crippen molar-refractivity contribution in [3.05, 3.63) is 7.05 Å². The van der Waals surface area contributed by atoms with Gasteiger partial charge in [0.05, 0.1) is 5.92 Å². The van der Waals surface area contributed by atoms with Crippen LogP contribution in [0.2, 0.25) is 0 Å². The molecule has 1 rings (SSSR count). The lowest BCUT2D eigenvalue weighted by atomic mass is 10.1. The lowest BCUT2D eigenvalue weighted by Gasteiger charge is -2.18. The highest BCUT2D eigenvalue weighted by Gasteiger charge is 2.45. The molecular weight excluding hydrogens is 157 g/mol.